The first kappa shape index (κ1) is 11.4. The Morgan fingerprint density at radius 1 is 1.42 bits per heavy atom. The number of thioether (sulfide) groups is 1. The maximum atomic E-state index is 3.68. The Bertz CT molecular complexity index is 175. The van der Waals surface area contributed by atoms with Crippen LogP contribution in [-0.2, 0) is 0 Å². The SMILES string of the molecule is CC(C)SC(C)(C)C1CC1(Br)Br. The zero-order chi connectivity index (χ0) is 9.57. The van der Waals surface area contributed by atoms with E-state index in [9.17, 15) is 0 Å². The molecule has 0 amide bonds. The highest BCUT2D eigenvalue weighted by Crippen LogP contribution is 2.64. The highest BCUT2D eigenvalue weighted by Gasteiger charge is 2.57. The van der Waals surface area contributed by atoms with Crippen molar-refractivity contribution in [2.24, 2.45) is 5.92 Å². The molecule has 1 fully saturated rings. The molecule has 0 spiro atoms. The van der Waals surface area contributed by atoms with Crippen LogP contribution in [0.15, 0.2) is 0 Å². The van der Waals surface area contributed by atoms with Gasteiger partial charge in [0.15, 0.2) is 0 Å². The van der Waals surface area contributed by atoms with E-state index in [0.29, 0.717) is 4.75 Å². The summed E-state index contributed by atoms with van der Waals surface area (Å²) in [6.07, 6.45) is 1.25. The van der Waals surface area contributed by atoms with Crippen LogP contribution >= 0.6 is 43.6 Å². The minimum absolute atomic E-state index is 0.241. The van der Waals surface area contributed by atoms with Gasteiger partial charge in [0.2, 0.25) is 0 Å². The van der Waals surface area contributed by atoms with Gasteiger partial charge in [-0.3, -0.25) is 0 Å². The summed E-state index contributed by atoms with van der Waals surface area (Å²) in [5.41, 5.74) is 0. The van der Waals surface area contributed by atoms with Gasteiger partial charge in [-0.25, -0.2) is 0 Å². The zero-order valence-electron chi connectivity index (χ0n) is 8.03. The smallest absolute Gasteiger partial charge is 0.0851 e. The minimum atomic E-state index is 0.241. The van der Waals surface area contributed by atoms with Gasteiger partial charge in [-0.15, -0.1) is 0 Å². The van der Waals surface area contributed by atoms with E-state index in [4.69, 9.17) is 0 Å². The fraction of sp³-hybridized carbons (Fsp3) is 1.00. The Labute approximate surface area is 96.5 Å². The lowest BCUT2D eigenvalue weighted by Gasteiger charge is -2.27. The van der Waals surface area contributed by atoms with Gasteiger partial charge in [-0.1, -0.05) is 59.6 Å². The summed E-state index contributed by atoms with van der Waals surface area (Å²) in [6.45, 7) is 9.21. The Balaban J connectivity index is 2.50. The molecule has 1 atom stereocenters. The predicted octanol–water partition coefficient (Wildman–Crippen LogP) is 4.41. The van der Waals surface area contributed by atoms with E-state index in [1.165, 1.54) is 6.42 Å². The molecule has 0 radical (unpaired) electrons. The second-order valence-corrected chi connectivity index (χ2v) is 10.4. The Morgan fingerprint density at radius 2 is 1.83 bits per heavy atom. The third-order valence-corrected chi connectivity index (χ3v) is 5.32. The van der Waals surface area contributed by atoms with Crippen molar-refractivity contribution in [3.05, 3.63) is 0 Å². The Morgan fingerprint density at radius 3 is 2.08 bits per heavy atom. The normalized spacial score (nSPS) is 27.8. The summed E-state index contributed by atoms with van der Waals surface area (Å²) >= 11 is 9.43. The van der Waals surface area contributed by atoms with Crippen molar-refractivity contribution in [1.29, 1.82) is 0 Å². The average Bonchev–Trinajstić information content (AvgIpc) is 2.36. The van der Waals surface area contributed by atoms with Crippen LogP contribution in [0.3, 0.4) is 0 Å². The van der Waals surface area contributed by atoms with Gasteiger partial charge in [0.25, 0.3) is 0 Å². The molecule has 1 saturated carbocycles. The van der Waals surface area contributed by atoms with Crippen LogP contribution in [0, 0.1) is 5.92 Å². The summed E-state index contributed by atoms with van der Waals surface area (Å²) in [6, 6.07) is 0. The van der Waals surface area contributed by atoms with Gasteiger partial charge in [-0.2, -0.15) is 11.8 Å². The summed E-state index contributed by atoms with van der Waals surface area (Å²) in [5.74, 6) is 0.761. The lowest BCUT2D eigenvalue weighted by molar-refractivity contribution is 0.617. The largest absolute Gasteiger partial charge is 0.153 e. The van der Waals surface area contributed by atoms with E-state index in [0.717, 1.165) is 11.2 Å². The number of rotatable bonds is 3. The quantitative estimate of drug-likeness (QED) is 0.695. The second-order valence-electron chi connectivity index (χ2n) is 4.29. The number of halogens is 2. The number of hydrogen-bond acceptors (Lipinski definition) is 1. The van der Waals surface area contributed by atoms with Gasteiger partial charge in [0.05, 0.1) is 3.23 Å². The fourth-order valence-electron chi connectivity index (χ4n) is 1.66. The van der Waals surface area contributed by atoms with Gasteiger partial charge >= 0.3 is 0 Å². The molecule has 3 heteroatoms. The maximum absolute atomic E-state index is 3.68. The van der Waals surface area contributed by atoms with Gasteiger partial charge in [0, 0.05) is 10.7 Å². The first-order valence-electron chi connectivity index (χ1n) is 4.31. The molecule has 0 aromatic carbocycles. The third-order valence-electron chi connectivity index (χ3n) is 2.20. The van der Waals surface area contributed by atoms with E-state index in [2.05, 4.69) is 71.3 Å². The van der Waals surface area contributed by atoms with Crippen LogP contribution in [-0.4, -0.2) is 13.2 Å². The zero-order valence-corrected chi connectivity index (χ0v) is 12.0. The summed E-state index contributed by atoms with van der Waals surface area (Å²) in [5, 5.41) is 0.719. The monoisotopic (exact) mass is 314 g/mol. The van der Waals surface area contributed by atoms with Gasteiger partial charge in [-0.05, 0) is 11.7 Å². The molecule has 0 aromatic rings. The lowest BCUT2D eigenvalue weighted by atomic mass is 10.1. The Kier molecular flexibility index (Phi) is 3.29. The molecule has 0 aromatic heterocycles. The molecule has 0 aliphatic heterocycles. The summed E-state index contributed by atoms with van der Waals surface area (Å²) < 4.78 is 0.632. The van der Waals surface area contributed by atoms with Crippen LogP contribution in [0.2, 0.25) is 0 Å². The van der Waals surface area contributed by atoms with Gasteiger partial charge in [0.1, 0.15) is 0 Å². The molecule has 0 heterocycles. The summed E-state index contributed by atoms with van der Waals surface area (Å²) in [4.78, 5) is 0. The number of hydrogen-bond donors (Lipinski definition) is 0. The van der Waals surface area contributed by atoms with Crippen molar-refractivity contribution >= 4 is 43.6 Å². The Hall–Kier alpha value is 1.31. The third kappa shape index (κ3) is 2.65. The molecular formula is C9H16Br2S. The van der Waals surface area contributed by atoms with E-state index in [1.807, 2.05) is 0 Å². The molecule has 1 aliphatic rings. The van der Waals surface area contributed by atoms with Crippen LogP contribution in [0.4, 0.5) is 0 Å². The summed E-state index contributed by atoms with van der Waals surface area (Å²) in [7, 11) is 0. The molecule has 1 unspecified atom stereocenters. The minimum Gasteiger partial charge on any atom is -0.153 e. The predicted molar refractivity (Wildman–Crippen MR) is 65.5 cm³/mol. The molecule has 0 bridgehead atoms. The molecule has 1 aliphatic carbocycles. The van der Waals surface area contributed by atoms with Crippen molar-refractivity contribution in [2.45, 2.75) is 47.3 Å². The maximum Gasteiger partial charge on any atom is 0.0851 e. The highest BCUT2D eigenvalue weighted by molar-refractivity contribution is 9.25. The fourth-order valence-corrected chi connectivity index (χ4v) is 5.42. The van der Waals surface area contributed by atoms with Crippen LogP contribution in [0.1, 0.15) is 34.1 Å². The van der Waals surface area contributed by atoms with E-state index < -0.39 is 0 Å². The van der Waals surface area contributed by atoms with Crippen molar-refractivity contribution in [1.82, 2.24) is 0 Å². The first-order chi connectivity index (χ1) is 5.26. The number of alkyl halides is 2. The molecule has 0 saturated heterocycles. The molecule has 12 heavy (non-hydrogen) atoms. The van der Waals surface area contributed by atoms with Crippen LogP contribution in [0.25, 0.3) is 0 Å². The van der Waals surface area contributed by atoms with E-state index >= 15 is 0 Å². The molecule has 72 valence electrons. The molecule has 1 rings (SSSR count). The molecule has 0 N–H and O–H groups in total. The molecule has 0 nitrogen and oxygen atoms in total. The van der Waals surface area contributed by atoms with Crippen molar-refractivity contribution in [3.63, 3.8) is 0 Å². The topological polar surface area (TPSA) is 0 Å². The van der Waals surface area contributed by atoms with Crippen LogP contribution < -0.4 is 0 Å². The highest BCUT2D eigenvalue weighted by atomic mass is 79.9. The van der Waals surface area contributed by atoms with E-state index in [-0.39, 0.29) is 3.23 Å². The van der Waals surface area contributed by atoms with Gasteiger partial charge < -0.3 is 0 Å². The standard InChI is InChI=1S/C9H16Br2S/c1-6(2)12-8(3,4)7-5-9(7,10)11/h6-7H,5H2,1-4H3. The van der Waals surface area contributed by atoms with Crippen molar-refractivity contribution < 1.29 is 0 Å². The lowest BCUT2D eigenvalue weighted by Crippen LogP contribution is -2.23. The van der Waals surface area contributed by atoms with E-state index in [1.54, 1.807) is 0 Å². The van der Waals surface area contributed by atoms with Crippen molar-refractivity contribution in [2.75, 3.05) is 0 Å². The molecular weight excluding hydrogens is 300 g/mol. The van der Waals surface area contributed by atoms with Crippen LogP contribution in [0.5, 0.6) is 0 Å². The second kappa shape index (κ2) is 3.47. The average molecular weight is 316 g/mol. The first-order valence-corrected chi connectivity index (χ1v) is 6.78. The van der Waals surface area contributed by atoms with Crippen molar-refractivity contribution in [3.8, 4) is 0 Å².